The molecule has 0 aliphatic heterocycles. The first-order valence-corrected chi connectivity index (χ1v) is 5.74. The van der Waals surface area contributed by atoms with E-state index in [0.717, 1.165) is 29.4 Å². The molecule has 1 aromatic carbocycles. The maximum absolute atomic E-state index is 8.84. The second kappa shape index (κ2) is 6.74. The van der Waals surface area contributed by atoms with Crippen molar-refractivity contribution in [2.75, 3.05) is 11.9 Å². The van der Waals surface area contributed by atoms with Gasteiger partial charge < -0.3 is 5.11 Å². The second-order valence-electron chi connectivity index (χ2n) is 2.98. The lowest BCUT2D eigenvalue weighted by molar-refractivity contribution is 0.282. The van der Waals surface area contributed by atoms with Crippen LogP contribution in [0.15, 0.2) is 29.3 Å². The summed E-state index contributed by atoms with van der Waals surface area (Å²) in [5.74, 6) is 0. The molecule has 0 saturated carbocycles. The van der Waals surface area contributed by atoms with E-state index in [4.69, 9.17) is 5.11 Å². The number of hydrogen-bond donors (Lipinski definition) is 1. The van der Waals surface area contributed by atoms with Crippen molar-refractivity contribution in [2.45, 2.75) is 13.0 Å². The Morgan fingerprint density at radius 3 is 2.57 bits per heavy atom. The predicted molar refractivity (Wildman–Crippen MR) is 63.2 cm³/mol. The maximum Gasteiger partial charge on any atom is 0.0681 e. The van der Waals surface area contributed by atoms with Gasteiger partial charge in [0.1, 0.15) is 0 Å². The summed E-state index contributed by atoms with van der Waals surface area (Å²) in [7, 11) is 0. The van der Waals surface area contributed by atoms with Crippen molar-refractivity contribution in [3.63, 3.8) is 0 Å². The molecule has 1 aromatic rings. The third-order valence-corrected chi connectivity index (χ3v) is 2.38. The Morgan fingerprint density at radius 2 is 2.00 bits per heavy atom. The molecule has 0 heterocycles. The summed E-state index contributed by atoms with van der Waals surface area (Å²) in [5, 5.41) is 9.83. The van der Waals surface area contributed by atoms with Crippen LogP contribution in [0.3, 0.4) is 0 Å². The molecule has 0 radical (unpaired) electrons. The van der Waals surface area contributed by atoms with Crippen molar-refractivity contribution in [3.8, 4) is 0 Å². The summed E-state index contributed by atoms with van der Waals surface area (Å²) in [6.45, 7) is 0.952. The number of rotatable bonds is 5. The van der Waals surface area contributed by atoms with Crippen molar-refractivity contribution in [1.29, 1.82) is 0 Å². The molecule has 0 aliphatic rings. The number of alkyl halides is 1. The van der Waals surface area contributed by atoms with Crippen LogP contribution in [0.1, 0.15) is 17.5 Å². The molecule has 0 aliphatic carbocycles. The highest BCUT2D eigenvalue weighted by molar-refractivity contribution is 9.09. The van der Waals surface area contributed by atoms with Gasteiger partial charge in [-0.2, -0.15) is 0 Å². The standard InChI is InChI=1S/C11H14BrNO/c12-6-1-7-13-8-10-2-4-11(9-14)5-3-10/h2-5,8,14H,1,6-7,9H2/b13-8+. The Hall–Kier alpha value is -0.670. The third kappa shape index (κ3) is 4.03. The Kier molecular flexibility index (Phi) is 5.49. The Balaban J connectivity index is 2.47. The summed E-state index contributed by atoms with van der Waals surface area (Å²) in [5.41, 5.74) is 2.01. The van der Waals surface area contributed by atoms with Gasteiger partial charge in [0, 0.05) is 18.1 Å². The molecule has 0 atom stereocenters. The van der Waals surface area contributed by atoms with Crippen molar-refractivity contribution < 1.29 is 5.11 Å². The van der Waals surface area contributed by atoms with Crippen LogP contribution in [0.5, 0.6) is 0 Å². The van der Waals surface area contributed by atoms with Crippen LogP contribution >= 0.6 is 15.9 Å². The van der Waals surface area contributed by atoms with Gasteiger partial charge in [-0.3, -0.25) is 4.99 Å². The lowest BCUT2D eigenvalue weighted by Gasteiger charge is -1.96. The fourth-order valence-corrected chi connectivity index (χ4v) is 1.28. The number of halogens is 1. The smallest absolute Gasteiger partial charge is 0.0681 e. The average molecular weight is 256 g/mol. The van der Waals surface area contributed by atoms with E-state index in [2.05, 4.69) is 20.9 Å². The van der Waals surface area contributed by atoms with Crippen LogP contribution in [0.4, 0.5) is 0 Å². The zero-order valence-electron chi connectivity index (χ0n) is 7.99. The zero-order chi connectivity index (χ0) is 10.2. The monoisotopic (exact) mass is 255 g/mol. The molecule has 76 valence electrons. The molecule has 2 nitrogen and oxygen atoms in total. The predicted octanol–water partition coefficient (Wildman–Crippen LogP) is 2.38. The molecule has 0 bridgehead atoms. The van der Waals surface area contributed by atoms with E-state index in [9.17, 15) is 0 Å². The van der Waals surface area contributed by atoms with E-state index >= 15 is 0 Å². The first-order chi connectivity index (χ1) is 6.86. The van der Waals surface area contributed by atoms with E-state index < -0.39 is 0 Å². The molecule has 0 fully saturated rings. The van der Waals surface area contributed by atoms with Crippen molar-refractivity contribution in [3.05, 3.63) is 35.4 Å². The van der Waals surface area contributed by atoms with Gasteiger partial charge in [0.25, 0.3) is 0 Å². The summed E-state index contributed by atoms with van der Waals surface area (Å²) < 4.78 is 0. The number of benzene rings is 1. The lowest BCUT2D eigenvalue weighted by Crippen LogP contribution is -1.87. The fourth-order valence-electron chi connectivity index (χ4n) is 1.03. The van der Waals surface area contributed by atoms with Gasteiger partial charge >= 0.3 is 0 Å². The molecule has 1 rings (SSSR count). The van der Waals surface area contributed by atoms with Gasteiger partial charge in [-0.05, 0) is 17.5 Å². The SMILES string of the molecule is OCc1ccc(/C=N/CCCBr)cc1. The largest absolute Gasteiger partial charge is 0.392 e. The molecular formula is C11H14BrNO. The van der Waals surface area contributed by atoms with Crippen LogP contribution in [0.25, 0.3) is 0 Å². The molecule has 0 saturated heterocycles. The highest BCUT2D eigenvalue weighted by Crippen LogP contribution is 2.02. The highest BCUT2D eigenvalue weighted by Gasteiger charge is 1.89. The van der Waals surface area contributed by atoms with Crippen molar-refractivity contribution in [2.24, 2.45) is 4.99 Å². The molecule has 1 N–H and O–H groups in total. The number of aliphatic imine (C=N–C) groups is 1. The minimum atomic E-state index is 0.0982. The Labute approximate surface area is 92.8 Å². The van der Waals surface area contributed by atoms with Gasteiger partial charge in [0.2, 0.25) is 0 Å². The molecule has 0 aromatic heterocycles. The quantitative estimate of drug-likeness (QED) is 0.489. The van der Waals surface area contributed by atoms with E-state index in [-0.39, 0.29) is 6.61 Å². The highest BCUT2D eigenvalue weighted by atomic mass is 79.9. The molecule has 0 spiro atoms. The van der Waals surface area contributed by atoms with Gasteiger partial charge in [0.15, 0.2) is 0 Å². The molecular weight excluding hydrogens is 242 g/mol. The average Bonchev–Trinajstić information content (AvgIpc) is 2.25. The minimum absolute atomic E-state index is 0.0982. The normalized spacial score (nSPS) is 11.0. The van der Waals surface area contributed by atoms with E-state index in [0.29, 0.717) is 0 Å². The zero-order valence-corrected chi connectivity index (χ0v) is 9.57. The maximum atomic E-state index is 8.84. The number of nitrogens with zero attached hydrogens (tertiary/aromatic N) is 1. The van der Waals surface area contributed by atoms with E-state index in [1.165, 1.54) is 0 Å². The summed E-state index contributed by atoms with van der Waals surface area (Å²) in [6.07, 6.45) is 2.93. The number of aliphatic hydroxyl groups excluding tert-OH is 1. The number of hydrogen-bond acceptors (Lipinski definition) is 2. The molecule has 3 heteroatoms. The van der Waals surface area contributed by atoms with Crippen LogP contribution in [0.2, 0.25) is 0 Å². The molecule has 0 amide bonds. The lowest BCUT2D eigenvalue weighted by atomic mass is 10.1. The number of aliphatic hydroxyl groups is 1. The fraction of sp³-hybridized carbons (Fsp3) is 0.364. The second-order valence-corrected chi connectivity index (χ2v) is 3.77. The van der Waals surface area contributed by atoms with Crippen LogP contribution in [-0.2, 0) is 6.61 Å². The summed E-state index contributed by atoms with van der Waals surface area (Å²) >= 11 is 3.35. The van der Waals surface area contributed by atoms with Crippen LogP contribution < -0.4 is 0 Å². The topological polar surface area (TPSA) is 32.6 Å². The Morgan fingerprint density at radius 1 is 1.29 bits per heavy atom. The Bertz CT molecular complexity index is 282. The van der Waals surface area contributed by atoms with Gasteiger partial charge in [-0.1, -0.05) is 40.2 Å². The first kappa shape index (κ1) is 11.4. The van der Waals surface area contributed by atoms with Gasteiger partial charge in [0.05, 0.1) is 6.61 Å². The van der Waals surface area contributed by atoms with E-state index in [1.54, 1.807) is 0 Å². The van der Waals surface area contributed by atoms with E-state index in [1.807, 2.05) is 30.5 Å². The third-order valence-electron chi connectivity index (χ3n) is 1.82. The minimum Gasteiger partial charge on any atom is -0.392 e. The molecule has 0 unspecified atom stereocenters. The van der Waals surface area contributed by atoms with Crippen LogP contribution in [0, 0.1) is 0 Å². The molecule has 14 heavy (non-hydrogen) atoms. The van der Waals surface area contributed by atoms with Crippen molar-refractivity contribution in [1.82, 2.24) is 0 Å². The van der Waals surface area contributed by atoms with Crippen LogP contribution in [-0.4, -0.2) is 23.2 Å². The van der Waals surface area contributed by atoms with Gasteiger partial charge in [-0.25, -0.2) is 0 Å². The first-order valence-electron chi connectivity index (χ1n) is 4.62. The summed E-state index contributed by atoms with van der Waals surface area (Å²) in [6, 6.07) is 7.74. The summed E-state index contributed by atoms with van der Waals surface area (Å²) in [4.78, 5) is 4.27. The van der Waals surface area contributed by atoms with Gasteiger partial charge in [-0.15, -0.1) is 0 Å². The van der Waals surface area contributed by atoms with Crippen molar-refractivity contribution >= 4 is 22.1 Å².